The second-order valence-electron chi connectivity index (χ2n) is 4.80. The average molecular weight is 231 g/mol. The molecule has 0 spiro atoms. The van der Waals surface area contributed by atoms with Crippen LogP contribution in [0, 0.1) is 5.92 Å². The summed E-state index contributed by atoms with van der Waals surface area (Å²) >= 11 is 0. The molecular formula is C12H25NO3. The Morgan fingerprint density at radius 3 is 2.50 bits per heavy atom. The SMILES string of the molecule is CCC(C)CC(C)NCC(C)(O)C(=O)OC. The van der Waals surface area contributed by atoms with Gasteiger partial charge in [0.25, 0.3) is 0 Å². The van der Waals surface area contributed by atoms with Crippen molar-refractivity contribution in [1.82, 2.24) is 5.32 Å². The molecule has 0 bridgehead atoms. The highest BCUT2D eigenvalue weighted by molar-refractivity contribution is 5.78. The van der Waals surface area contributed by atoms with E-state index >= 15 is 0 Å². The fourth-order valence-corrected chi connectivity index (χ4v) is 1.52. The van der Waals surface area contributed by atoms with Gasteiger partial charge in [-0.1, -0.05) is 20.3 Å². The third-order valence-electron chi connectivity index (χ3n) is 2.87. The zero-order valence-electron chi connectivity index (χ0n) is 11.0. The smallest absolute Gasteiger partial charge is 0.338 e. The van der Waals surface area contributed by atoms with E-state index in [-0.39, 0.29) is 12.6 Å². The molecule has 2 N–H and O–H groups in total. The molecule has 96 valence electrons. The molecule has 0 aromatic carbocycles. The molecule has 0 saturated heterocycles. The molecule has 3 unspecified atom stereocenters. The van der Waals surface area contributed by atoms with Crippen molar-refractivity contribution in [2.45, 2.75) is 52.2 Å². The molecule has 0 amide bonds. The first-order chi connectivity index (χ1) is 7.33. The summed E-state index contributed by atoms with van der Waals surface area (Å²) in [5.74, 6) is 0.0429. The Labute approximate surface area is 98.4 Å². The van der Waals surface area contributed by atoms with Crippen molar-refractivity contribution in [3.63, 3.8) is 0 Å². The van der Waals surface area contributed by atoms with Gasteiger partial charge in [0.1, 0.15) is 0 Å². The van der Waals surface area contributed by atoms with Gasteiger partial charge in [0.05, 0.1) is 7.11 Å². The Hall–Kier alpha value is -0.610. The minimum Gasteiger partial charge on any atom is -0.467 e. The standard InChI is InChI=1S/C12H25NO3/c1-6-9(2)7-10(3)13-8-12(4,15)11(14)16-5/h9-10,13,15H,6-8H2,1-5H3. The highest BCUT2D eigenvalue weighted by Crippen LogP contribution is 2.10. The number of carbonyl (C=O) groups excluding carboxylic acids is 1. The van der Waals surface area contributed by atoms with Gasteiger partial charge < -0.3 is 15.2 Å². The maximum atomic E-state index is 11.2. The normalized spacial score (nSPS) is 18.6. The van der Waals surface area contributed by atoms with Gasteiger partial charge in [-0.05, 0) is 26.2 Å². The summed E-state index contributed by atoms with van der Waals surface area (Å²) in [7, 11) is 1.28. The van der Waals surface area contributed by atoms with Crippen molar-refractivity contribution in [3.05, 3.63) is 0 Å². The quantitative estimate of drug-likeness (QED) is 0.649. The molecule has 16 heavy (non-hydrogen) atoms. The van der Waals surface area contributed by atoms with Gasteiger partial charge in [-0.25, -0.2) is 4.79 Å². The fourth-order valence-electron chi connectivity index (χ4n) is 1.52. The monoisotopic (exact) mass is 231 g/mol. The summed E-state index contributed by atoms with van der Waals surface area (Å²) in [5, 5.41) is 12.9. The lowest BCUT2D eigenvalue weighted by Crippen LogP contribution is -2.48. The van der Waals surface area contributed by atoms with Crippen molar-refractivity contribution in [2.75, 3.05) is 13.7 Å². The molecule has 0 aliphatic heterocycles. The average Bonchev–Trinajstić information content (AvgIpc) is 2.25. The van der Waals surface area contributed by atoms with E-state index in [0.717, 1.165) is 12.8 Å². The summed E-state index contributed by atoms with van der Waals surface area (Å²) in [6.07, 6.45) is 2.17. The van der Waals surface area contributed by atoms with E-state index in [1.807, 2.05) is 0 Å². The highest BCUT2D eigenvalue weighted by Gasteiger charge is 2.31. The van der Waals surface area contributed by atoms with Crippen LogP contribution in [0.5, 0.6) is 0 Å². The fraction of sp³-hybridized carbons (Fsp3) is 0.917. The van der Waals surface area contributed by atoms with Gasteiger partial charge in [0.2, 0.25) is 0 Å². The van der Waals surface area contributed by atoms with Crippen LogP contribution in [0.25, 0.3) is 0 Å². The Morgan fingerprint density at radius 2 is 2.06 bits per heavy atom. The number of methoxy groups -OCH3 is 1. The number of carbonyl (C=O) groups is 1. The summed E-state index contributed by atoms with van der Waals surface area (Å²) in [6.45, 7) is 8.08. The van der Waals surface area contributed by atoms with Gasteiger partial charge in [-0.2, -0.15) is 0 Å². The maximum absolute atomic E-state index is 11.2. The van der Waals surface area contributed by atoms with Gasteiger partial charge in [0.15, 0.2) is 5.60 Å². The highest BCUT2D eigenvalue weighted by atomic mass is 16.5. The van der Waals surface area contributed by atoms with Crippen molar-refractivity contribution < 1.29 is 14.6 Å². The van der Waals surface area contributed by atoms with Gasteiger partial charge in [-0.15, -0.1) is 0 Å². The third-order valence-corrected chi connectivity index (χ3v) is 2.87. The molecule has 0 rings (SSSR count). The number of nitrogens with one attached hydrogen (secondary N) is 1. The molecule has 0 aliphatic rings. The van der Waals surface area contributed by atoms with Crippen LogP contribution in [0.3, 0.4) is 0 Å². The lowest BCUT2D eigenvalue weighted by atomic mass is 9.99. The van der Waals surface area contributed by atoms with Crippen molar-refractivity contribution >= 4 is 5.97 Å². The Morgan fingerprint density at radius 1 is 1.50 bits per heavy atom. The lowest BCUT2D eigenvalue weighted by molar-refractivity contribution is -0.160. The summed E-state index contributed by atoms with van der Waals surface area (Å²) in [5.41, 5.74) is -1.45. The summed E-state index contributed by atoms with van der Waals surface area (Å²) in [4.78, 5) is 11.2. The zero-order valence-corrected chi connectivity index (χ0v) is 11.0. The first-order valence-electron chi connectivity index (χ1n) is 5.87. The van der Waals surface area contributed by atoms with E-state index in [0.29, 0.717) is 5.92 Å². The molecule has 4 nitrogen and oxygen atoms in total. The van der Waals surface area contributed by atoms with Crippen LogP contribution in [0.4, 0.5) is 0 Å². The van der Waals surface area contributed by atoms with E-state index < -0.39 is 11.6 Å². The second-order valence-corrected chi connectivity index (χ2v) is 4.80. The van der Waals surface area contributed by atoms with Crippen LogP contribution in [0.15, 0.2) is 0 Å². The van der Waals surface area contributed by atoms with E-state index in [9.17, 15) is 9.90 Å². The molecular weight excluding hydrogens is 206 g/mol. The topological polar surface area (TPSA) is 58.6 Å². The number of ether oxygens (including phenoxy) is 1. The molecule has 4 heteroatoms. The van der Waals surface area contributed by atoms with Crippen LogP contribution < -0.4 is 5.32 Å². The Balaban J connectivity index is 3.99. The van der Waals surface area contributed by atoms with E-state index in [4.69, 9.17) is 0 Å². The van der Waals surface area contributed by atoms with E-state index in [1.54, 1.807) is 0 Å². The van der Waals surface area contributed by atoms with Crippen LogP contribution >= 0.6 is 0 Å². The molecule has 0 heterocycles. The van der Waals surface area contributed by atoms with Gasteiger partial charge in [-0.3, -0.25) is 0 Å². The molecule has 0 aromatic heterocycles. The Bertz CT molecular complexity index is 216. The van der Waals surface area contributed by atoms with Crippen LogP contribution in [0.1, 0.15) is 40.5 Å². The first-order valence-corrected chi connectivity index (χ1v) is 5.87. The number of aliphatic hydroxyl groups is 1. The number of hydrogen-bond donors (Lipinski definition) is 2. The number of rotatable bonds is 7. The lowest BCUT2D eigenvalue weighted by Gasteiger charge is -2.24. The van der Waals surface area contributed by atoms with Gasteiger partial charge >= 0.3 is 5.97 Å². The molecule has 0 aliphatic carbocycles. The molecule has 0 fully saturated rings. The van der Waals surface area contributed by atoms with Crippen molar-refractivity contribution in [3.8, 4) is 0 Å². The van der Waals surface area contributed by atoms with Crippen molar-refractivity contribution in [2.24, 2.45) is 5.92 Å². The summed E-state index contributed by atoms with van der Waals surface area (Å²) in [6, 6.07) is 0.283. The summed E-state index contributed by atoms with van der Waals surface area (Å²) < 4.78 is 4.52. The van der Waals surface area contributed by atoms with Crippen LogP contribution in [0.2, 0.25) is 0 Å². The van der Waals surface area contributed by atoms with Crippen molar-refractivity contribution in [1.29, 1.82) is 0 Å². The first kappa shape index (κ1) is 15.4. The largest absolute Gasteiger partial charge is 0.467 e. The minimum atomic E-state index is -1.45. The van der Waals surface area contributed by atoms with Gasteiger partial charge in [0, 0.05) is 12.6 Å². The molecule has 0 saturated carbocycles. The minimum absolute atomic E-state index is 0.220. The maximum Gasteiger partial charge on any atom is 0.338 e. The second kappa shape index (κ2) is 6.86. The molecule has 0 radical (unpaired) electrons. The van der Waals surface area contributed by atoms with Crippen LogP contribution in [-0.2, 0) is 9.53 Å². The predicted octanol–water partition coefficient (Wildman–Crippen LogP) is 1.32. The Kier molecular flexibility index (Phi) is 6.60. The van der Waals surface area contributed by atoms with E-state index in [1.165, 1.54) is 14.0 Å². The third kappa shape index (κ3) is 5.47. The predicted molar refractivity (Wildman–Crippen MR) is 64.2 cm³/mol. The van der Waals surface area contributed by atoms with E-state index in [2.05, 4.69) is 30.8 Å². The number of hydrogen-bond acceptors (Lipinski definition) is 4. The van der Waals surface area contributed by atoms with Crippen LogP contribution in [-0.4, -0.2) is 36.4 Å². The zero-order chi connectivity index (χ0) is 12.8. The molecule has 0 aromatic rings. The molecule has 3 atom stereocenters. The number of esters is 1.